The van der Waals surface area contributed by atoms with E-state index in [1.165, 1.54) is 11.3 Å². The number of rotatable bonds is 4. The molecule has 21 heavy (non-hydrogen) atoms. The summed E-state index contributed by atoms with van der Waals surface area (Å²) in [6, 6.07) is 1.93. The Balaban J connectivity index is 1.87. The van der Waals surface area contributed by atoms with Gasteiger partial charge in [0.1, 0.15) is 6.54 Å². The Hall–Kier alpha value is -1.57. The van der Waals surface area contributed by atoms with Crippen molar-refractivity contribution in [3.8, 4) is 0 Å². The molecule has 2 amide bonds. The SMILES string of the molecule is Cc1ccsc1CNC(=O)[C@H]1CC(=O)N(CC(F)(F)F)C1. The van der Waals surface area contributed by atoms with Gasteiger partial charge in [-0.3, -0.25) is 9.59 Å². The van der Waals surface area contributed by atoms with Crippen LogP contribution in [-0.2, 0) is 16.1 Å². The zero-order valence-electron chi connectivity index (χ0n) is 11.4. The number of thiophene rings is 1. The summed E-state index contributed by atoms with van der Waals surface area (Å²) >= 11 is 1.50. The van der Waals surface area contributed by atoms with Crippen molar-refractivity contribution in [1.82, 2.24) is 10.2 Å². The van der Waals surface area contributed by atoms with E-state index in [1.54, 1.807) is 0 Å². The summed E-state index contributed by atoms with van der Waals surface area (Å²) in [4.78, 5) is 25.1. The van der Waals surface area contributed by atoms with Crippen molar-refractivity contribution in [2.45, 2.75) is 26.1 Å². The summed E-state index contributed by atoms with van der Waals surface area (Å²) in [5.74, 6) is -1.71. The fourth-order valence-corrected chi connectivity index (χ4v) is 3.06. The number of hydrogen-bond acceptors (Lipinski definition) is 3. The second kappa shape index (κ2) is 6.05. The number of alkyl halides is 3. The van der Waals surface area contributed by atoms with Gasteiger partial charge in [0.05, 0.1) is 12.5 Å². The van der Waals surface area contributed by atoms with E-state index >= 15 is 0 Å². The highest BCUT2D eigenvalue weighted by atomic mass is 32.1. The molecule has 4 nitrogen and oxygen atoms in total. The zero-order chi connectivity index (χ0) is 15.6. The van der Waals surface area contributed by atoms with E-state index < -0.39 is 24.5 Å². The lowest BCUT2D eigenvalue weighted by Gasteiger charge is -2.18. The number of likely N-dealkylation sites (tertiary alicyclic amines) is 1. The van der Waals surface area contributed by atoms with Gasteiger partial charge in [0.2, 0.25) is 11.8 Å². The standard InChI is InChI=1S/C13H15F3N2O2S/c1-8-2-3-21-10(8)5-17-12(20)9-4-11(19)18(6-9)7-13(14,15)16/h2-3,9H,4-7H2,1H3,(H,17,20)/t9-/m0/s1. The lowest BCUT2D eigenvalue weighted by atomic mass is 10.1. The van der Waals surface area contributed by atoms with Crippen LogP contribution in [0.25, 0.3) is 0 Å². The number of hydrogen-bond donors (Lipinski definition) is 1. The van der Waals surface area contributed by atoms with Crippen LogP contribution in [0.1, 0.15) is 16.9 Å². The van der Waals surface area contributed by atoms with Gasteiger partial charge in [0, 0.05) is 17.8 Å². The molecule has 0 aromatic carbocycles. The Kier molecular flexibility index (Phi) is 4.55. The molecule has 8 heteroatoms. The van der Waals surface area contributed by atoms with Crippen LogP contribution < -0.4 is 5.32 Å². The van der Waals surface area contributed by atoms with Crippen LogP contribution in [0.4, 0.5) is 13.2 Å². The maximum atomic E-state index is 12.3. The summed E-state index contributed by atoms with van der Waals surface area (Å²) < 4.78 is 36.9. The summed E-state index contributed by atoms with van der Waals surface area (Å²) in [7, 11) is 0. The van der Waals surface area contributed by atoms with E-state index in [4.69, 9.17) is 0 Å². The van der Waals surface area contributed by atoms with Crippen LogP contribution >= 0.6 is 11.3 Å². The minimum atomic E-state index is -4.44. The third-order valence-electron chi connectivity index (χ3n) is 3.35. The van der Waals surface area contributed by atoms with E-state index in [9.17, 15) is 22.8 Å². The first kappa shape index (κ1) is 15.8. The smallest absolute Gasteiger partial charge is 0.351 e. The second-order valence-electron chi connectivity index (χ2n) is 5.04. The zero-order valence-corrected chi connectivity index (χ0v) is 12.2. The Morgan fingerprint density at radius 3 is 2.81 bits per heavy atom. The molecule has 2 heterocycles. The summed E-state index contributed by atoms with van der Waals surface area (Å²) in [5.41, 5.74) is 1.06. The van der Waals surface area contributed by atoms with Crippen LogP contribution in [0.5, 0.6) is 0 Å². The molecule has 1 aliphatic heterocycles. The minimum Gasteiger partial charge on any atom is -0.351 e. The summed E-state index contributed by atoms with van der Waals surface area (Å²) in [6.07, 6.45) is -4.60. The first-order valence-electron chi connectivity index (χ1n) is 6.41. The highest BCUT2D eigenvalue weighted by molar-refractivity contribution is 7.10. The molecule has 1 atom stereocenters. The number of halogens is 3. The monoisotopic (exact) mass is 320 g/mol. The molecular weight excluding hydrogens is 305 g/mol. The molecule has 116 valence electrons. The third kappa shape index (κ3) is 4.20. The predicted molar refractivity (Wildman–Crippen MR) is 71.6 cm³/mol. The molecule has 0 radical (unpaired) electrons. The molecule has 1 N–H and O–H groups in total. The van der Waals surface area contributed by atoms with Gasteiger partial charge < -0.3 is 10.2 Å². The maximum Gasteiger partial charge on any atom is 0.406 e. The highest BCUT2D eigenvalue weighted by Gasteiger charge is 2.40. The van der Waals surface area contributed by atoms with Crippen molar-refractivity contribution in [1.29, 1.82) is 0 Å². The van der Waals surface area contributed by atoms with Crippen molar-refractivity contribution in [2.24, 2.45) is 5.92 Å². The Labute approximate surface area is 123 Å². The number of nitrogens with zero attached hydrogens (tertiary/aromatic N) is 1. The molecule has 1 fully saturated rings. The fourth-order valence-electron chi connectivity index (χ4n) is 2.21. The van der Waals surface area contributed by atoms with Gasteiger partial charge in [-0.15, -0.1) is 11.3 Å². The van der Waals surface area contributed by atoms with Gasteiger partial charge in [-0.2, -0.15) is 13.2 Å². The fraction of sp³-hybridized carbons (Fsp3) is 0.538. The van der Waals surface area contributed by atoms with Crippen LogP contribution in [0, 0.1) is 12.8 Å². The van der Waals surface area contributed by atoms with Crippen molar-refractivity contribution >= 4 is 23.2 Å². The van der Waals surface area contributed by atoms with E-state index in [1.807, 2.05) is 18.4 Å². The molecule has 2 rings (SSSR count). The van der Waals surface area contributed by atoms with Crippen molar-refractivity contribution in [2.75, 3.05) is 13.1 Å². The summed E-state index contributed by atoms with van der Waals surface area (Å²) in [5, 5.41) is 4.59. The largest absolute Gasteiger partial charge is 0.406 e. The molecule has 0 aliphatic carbocycles. The normalized spacial score (nSPS) is 19.1. The Morgan fingerprint density at radius 2 is 2.24 bits per heavy atom. The molecule has 0 bridgehead atoms. The average molecular weight is 320 g/mol. The van der Waals surface area contributed by atoms with E-state index in [0.717, 1.165) is 10.4 Å². The molecule has 1 aliphatic rings. The molecule has 1 aromatic rings. The van der Waals surface area contributed by atoms with Crippen LogP contribution in [0.3, 0.4) is 0 Å². The van der Waals surface area contributed by atoms with Gasteiger partial charge in [0.15, 0.2) is 0 Å². The van der Waals surface area contributed by atoms with Gasteiger partial charge >= 0.3 is 6.18 Å². The van der Waals surface area contributed by atoms with Gasteiger partial charge in [-0.05, 0) is 23.9 Å². The minimum absolute atomic E-state index is 0.161. The molecule has 0 saturated carbocycles. The maximum absolute atomic E-state index is 12.3. The number of aryl methyl sites for hydroxylation is 1. The van der Waals surface area contributed by atoms with E-state index in [-0.39, 0.29) is 18.9 Å². The highest BCUT2D eigenvalue weighted by Crippen LogP contribution is 2.24. The van der Waals surface area contributed by atoms with Crippen molar-refractivity contribution in [3.63, 3.8) is 0 Å². The predicted octanol–water partition coefficient (Wildman–Crippen LogP) is 2.08. The number of amides is 2. The Bertz CT molecular complexity index is 542. The molecule has 1 aromatic heterocycles. The lowest BCUT2D eigenvalue weighted by molar-refractivity contribution is -0.157. The second-order valence-corrected chi connectivity index (χ2v) is 6.04. The number of nitrogens with one attached hydrogen (secondary N) is 1. The molecule has 0 unspecified atom stereocenters. The first-order valence-corrected chi connectivity index (χ1v) is 7.29. The lowest BCUT2D eigenvalue weighted by Crippen LogP contribution is -2.37. The average Bonchev–Trinajstić information content (AvgIpc) is 2.92. The van der Waals surface area contributed by atoms with Crippen LogP contribution in [0.15, 0.2) is 11.4 Å². The first-order chi connectivity index (χ1) is 9.76. The van der Waals surface area contributed by atoms with Crippen molar-refractivity contribution in [3.05, 3.63) is 21.9 Å². The quantitative estimate of drug-likeness (QED) is 0.923. The van der Waals surface area contributed by atoms with Gasteiger partial charge in [-0.1, -0.05) is 0 Å². The van der Waals surface area contributed by atoms with Crippen LogP contribution in [-0.4, -0.2) is 36.0 Å². The third-order valence-corrected chi connectivity index (χ3v) is 4.37. The van der Waals surface area contributed by atoms with E-state index in [0.29, 0.717) is 11.4 Å². The molecule has 0 spiro atoms. The summed E-state index contributed by atoms with van der Waals surface area (Å²) in [6.45, 7) is 0.793. The molecule has 1 saturated heterocycles. The van der Waals surface area contributed by atoms with Crippen LogP contribution in [0.2, 0.25) is 0 Å². The molecular formula is C13H15F3N2O2S. The number of carbonyl (C=O) groups is 2. The topological polar surface area (TPSA) is 49.4 Å². The number of carbonyl (C=O) groups excluding carboxylic acids is 2. The Morgan fingerprint density at radius 1 is 1.52 bits per heavy atom. The van der Waals surface area contributed by atoms with Gasteiger partial charge in [0.25, 0.3) is 0 Å². The van der Waals surface area contributed by atoms with Gasteiger partial charge in [-0.25, -0.2) is 0 Å². The van der Waals surface area contributed by atoms with Crippen molar-refractivity contribution < 1.29 is 22.8 Å². The van der Waals surface area contributed by atoms with E-state index in [2.05, 4.69) is 5.32 Å².